The number of aromatic nitrogens is 1. The van der Waals surface area contributed by atoms with Gasteiger partial charge in [0, 0.05) is 0 Å². The van der Waals surface area contributed by atoms with Crippen molar-refractivity contribution in [1.29, 1.82) is 0 Å². The Morgan fingerprint density at radius 1 is 1.26 bits per heavy atom. The molecule has 0 atom stereocenters. The summed E-state index contributed by atoms with van der Waals surface area (Å²) in [7, 11) is -3.97. The van der Waals surface area contributed by atoms with Crippen LogP contribution in [-0.4, -0.2) is 24.8 Å². The summed E-state index contributed by atoms with van der Waals surface area (Å²) in [6.07, 6.45) is 1.69. The first kappa shape index (κ1) is 13.2. The van der Waals surface area contributed by atoms with E-state index in [4.69, 9.17) is 5.21 Å². The van der Waals surface area contributed by atoms with Gasteiger partial charge in [-0.25, -0.2) is 12.8 Å². The molecule has 0 amide bonds. The van der Waals surface area contributed by atoms with Crippen LogP contribution in [0.4, 0.5) is 4.39 Å². The summed E-state index contributed by atoms with van der Waals surface area (Å²) in [4.78, 5) is 3.06. The number of benzene rings is 1. The lowest BCUT2D eigenvalue weighted by atomic mass is 10.4. The molecule has 1 heterocycles. The van der Waals surface area contributed by atoms with Gasteiger partial charge in [0.2, 0.25) is 9.84 Å². The number of hydrogen-bond acceptors (Lipinski definition) is 5. The highest BCUT2D eigenvalue weighted by Gasteiger charge is 2.22. The summed E-state index contributed by atoms with van der Waals surface area (Å²) < 4.78 is 38.1. The molecule has 7 heteroatoms. The standard InChI is InChI=1S/C12H9FN2O3S/c13-11-8-14-9(7-15-16)6-12(11)19(17,18)10-4-2-1-3-5-10/h1-8,16H/b15-7+. The third-order valence-electron chi connectivity index (χ3n) is 2.37. The Bertz CT molecular complexity index is 715. The van der Waals surface area contributed by atoms with E-state index in [1.54, 1.807) is 18.2 Å². The highest BCUT2D eigenvalue weighted by atomic mass is 32.2. The van der Waals surface area contributed by atoms with Crippen molar-refractivity contribution in [3.05, 3.63) is 54.1 Å². The fourth-order valence-corrected chi connectivity index (χ4v) is 2.85. The highest BCUT2D eigenvalue weighted by Crippen LogP contribution is 2.22. The van der Waals surface area contributed by atoms with Crippen LogP contribution >= 0.6 is 0 Å². The van der Waals surface area contributed by atoms with Crippen LogP contribution in [0.1, 0.15) is 5.69 Å². The Morgan fingerprint density at radius 3 is 2.58 bits per heavy atom. The smallest absolute Gasteiger partial charge is 0.209 e. The number of nitrogens with zero attached hydrogens (tertiary/aromatic N) is 2. The van der Waals surface area contributed by atoms with Gasteiger partial charge in [-0.3, -0.25) is 4.98 Å². The van der Waals surface area contributed by atoms with Crippen LogP contribution in [-0.2, 0) is 9.84 Å². The van der Waals surface area contributed by atoms with E-state index in [0.29, 0.717) is 0 Å². The average molecular weight is 280 g/mol. The molecule has 0 saturated heterocycles. The van der Waals surface area contributed by atoms with E-state index in [1.165, 1.54) is 12.1 Å². The molecule has 2 aromatic rings. The molecule has 1 N–H and O–H groups in total. The minimum absolute atomic E-state index is 0.0213. The number of sulfone groups is 1. The number of pyridine rings is 1. The summed E-state index contributed by atoms with van der Waals surface area (Å²) in [6, 6.07) is 8.50. The van der Waals surface area contributed by atoms with Gasteiger partial charge < -0.3 is 5.21 Å². The van der Waals surface area contributed by atoms with Crippen LogP contribution in [0.5, 0.6) is 0 Å². The van der Waals surface area contributed by atoms with E-state index in [0.717, 1.165) is 18.5 Å². The third kappa shape index (κ3) is 2.60. The number of oxime groups is 1. The minimum Gasteiger partial charge on any atom is -0.411 e. The molecule has 0 aliphatic rings. The summed E-state index contributed by atoms with van der Waals surface area (Å²) in [5.41, 5.74) is 0.0402. The zero-order valence-corrected chi connectivity index (χ0v) is 10.4. The first-order valence-electron chi connectivity index (χ1n) is 5.19. The maximum atomic E-state index is 13.6. The predicted molar refractivity (Wildman–Crippen MR) is 65.5 cm³/mol. The molecule has 0 bridgehead atoms. The lowest BCUT2D eigenvalue weighted by Crippen LogP contribution is -2.06. The molecular weight excluding hydrogens is 271 g/mol. The Kier molecular flexibility index (Phi) is 3.57. The topological polar surface area (TPSA) is 79.6 Å². The Balaban J connectivity index is 2.61. The van der Waals surface area contributed by atoms with Crippen LogP contribution in [0.2, 0.25) is 0 Å². The van der Waals surface area contributed by atoms with Crippen molar-refractivity contribution in [3.8, 4) is 0 Å². The fourth-order valence-electron chi connectivity index (χ4n) is 1.50. The molecule has 98 valence electrons. The maximum Gasteiger partial charge on any atom is 0.209 e. The summed E-state index contributed by atoms with van der Waals surface area (Å²) in [6.45, 7) is 0. The van der Waals surface area contributed by atoms with Crippen molar-refractivity contribution < 1.29 is 18.0 Å². The second-order valence-corrected chi connectivity index (χ2v) is 5.52. The van der Waals surface area contributed by atoms with Gasteiger partial charge in [0.05, 0.1) is 23.0 Å². The van der Waals surface area contributed by atoms with Gasteiger partial charge in [-0.1, -0.05) is 23.4 Å². The number of halogens is 1. The summed E-state index contributed by atoms with van der Waals surface area (Å²) in [5, 5.41) is 11.1. The molecule has 0 unspecified atom stereocenters. The van der Waals surface area contributed by atoms with Gasteiger partial charge in [0.1, 0.15) is 4.90 Å². The van der Waals surface area contributed by atoms with E-state index in [9.17, 15) is 12.8 Å². The van der Waals surface area contributed by atoms with Crippen LogP contribution in [0.25, 0.3) is 0 Å². The molecule has 1 aromatic carbocycles. The first-order chi connectivity index (χ1) is 9.05. The first-order valence-corrected chi connectivity index (χ1v) is 6.67. The fraction of sp³-hybridized carbons (Fsp3) is 0. The molecule has 0 aliphatic carbocycles. The second-order valence-electron chi connectivity index (χ2n) is 3.60. The Labute approximate surface area is 109 Å². The molecule has 0 spiro atoms. The van der Waals surface area contributed by atoms with E-state index < -0.39 is 20.5 Å². The molecule has 1 aromatic heterocycles. The van der Waals surface area contributed by atoms with Crippen molar-refractivity contribution in [3.63, 3.8) is 0 Å². The van der Waals surface area contributed by atoms with Crippen molar-refractivity contribution in [1.82, 2.24) is 4.98 Å². The van der Waals surface area contributed by atoms with Gasteiger partial charge in [-0.2, -0.15) is 0 Å². The van der Waals surface area contributed by atoms with Crippen molar-refractivity contribution in [2.45, 2.75) is 9.79 Å². The van der Waals surface area contributed by atoms with E-state index in [-0.39, 0.29) is 10.6 Å². The quantitative estimate of drug-likeness (QED) is 0.528. The lowest BCUT2D eigenvalue weighted by molar-refractivity contribution is 0.321. The van der Waals surface area contributed by atoms with Crippen LogP contribution in [0.15, 0.2) is 57.5 Å². The monoisotopic (exact) mass is 280 g/mol. The van der Waals surface area contributed by atoms with E-state index in [1.807, 2.05) is 0 Å². The molecule has 0 radical (unpaired) electrons. The third-order valence-corrected chi connectivity index (χ3v) is 4.16. The SMILES string of the molecule is O=S(=O)(c1ccccc1)c1cc(/C=N/O)ncc1F. The van der Waals surface area contributed by atoms with Gasteiger partial charge in [-0.05, 0) is 18.2 Å². The van der Waals surface area contributed by atoms with Crippen molar-refractivity contribution in [2.24, 2.45) is 5.16 Å². The molecule has 19 heavy (non-hydrogen) atoms. The molecule has 0 saturated carbocycles. The van der Waals surface area contributed by atoms with Crippen LogP contribution in [0, 0.1) is 5.82 Å². The summed E-state index contributed by atoms with van der Waals surface area (Å²) >= 11 is 0. The Morgan fingerprint density at radius 2 is 1.95 bits per heavy atom. The van der Waals surface area contributed by atoms with Gasteiger partial charge >= 0.3 is 0 Å². The van der Waals surface area contributed by atoms with Gasteiger partial charge in [0.15, 0.2) is 5.82 Å². The normalized spacial score (nSPS) is 11.8. The lowest BCUT2D eigenvalue weighted by Gasteiger charge is -2.06. The van der Waals surface area contributed by atoms with Gasteiger partial charge in [-0.15, -0.1) is 0 Å². The van der Waals surface area contributed by atoms with Crippen molar-refractivity contribution >= 4 is 16.1 Å². The Hall–Kier alpha value is -2.28. The average Bonchev–Trinajstić information content (AvgIpc) is 2.42. The maximum absolute atomic E-state index is 13.6. The predicted octanol–water partition coefficient (Wildman–Crippen LogP) is 1.86. The largest absolute Gasteiger partial charge is 0.411 e. The second kappa shape index (κ2) is 5.15. The molecule has 5 nitrogen and oxygen atoms in total. The van der Waals surface area contributed by atoms with Crippen LogP contribution in [0.3, 0.4) is 0 Å². The summed E-state index contributed by atoms with van der Waals surface area (Å²) in [5.74, 6) is -0.959. The molecule has 2 rings (SSSR count). The number of hydrogen-bond donors (Lipinski definition) is 1. The number of rotatable bonds is 3. The zero-order valence-electron chi connectivity index (χ0n) is 9.56. The highest BCUT2D eigenvalue weighted by molar-refractivity contribution is 7.91. The minimum atomic E-state index is -3.97. The van der Waals surface area contributed by atoms with E-state index >= 15 is 0 Å². The molecular formula is C12H9FN2O3S. The van der Waals surface area contributed by atoms with Crippen LogP contribution < -0.4 is 0 Å². The molecule has 0 aliphatic heterocycles. The molecule has 0 fully saturated rings. The van der Waals surface area contributed by atoms with Gasteiger partial charge in [0.25, 0.3) is 0 Å². The van der Waals surface area contributed by atoms with E-state index in [2.05, 4.69) is 10.1 Å². The van der Waals surface area contributed by atoms with Crippen molar-refractivity contribution in [2.75, 3.05) is 0 Å². The zero-order chi connectivity index (χ0) is 13.9.